The van der Waals surface area contributed by atoms with Gasteiger partial charge < -0.3 is 0 Å². The highest BCUT2D eigenvalue weighted by atomic mass is 15.3. The van der Waals surface area contributed by atoms with Crippen LogP contribution in [0.2, 0.25) is 0 Å². The molecule has 0 aliphatic carbocycles. The van der Waals surface area contributed by atoms with Crippen molar-refractivity contribution in [2.75, 3.05) is 0 Å². The number of nitrogens with one attached hydrogen (secondary N) is 1. The van der Waals surface area contributed by atoms with Crippen LogP contribution in [0.1, 0.15) is 27.7 Å². The number of H-pyrrole nitrogens is 1. The lowest BCUT2D eigenvalue weighted by Gasteiger charge is -1.87. The van der Waals surface area contributed by atoms with Gasteiger partial charge in [0.15, 0.2) is 0 Å². The molecule has 0 aliphatic heterocycles. The molecule has 0 spiro atoms. The summed E-state index contributed by atoms with van der Waals surface area (Å²) in [5.74, 6) is 0. The Bertz CT molecular complexity index is 312. The van der Waals surface area contributed by atoms with Gasteiger partial charge >= 0.3 is 0 Å². The average Bonchev–Trinajstić information content (AvgIpc) is 2.89. The summed E-state index contributed by atoms with van der Waals surface area (Å²) in [6.07, 6.45) is 3.88. The van der Waals surface area contributed by atoms with E-state index in [1.807, 2.05) is 69.0 Å². The van der Waals surface area contributed by atoms with Crippen molar-refractivity contribution in [2.45, 2.75) is 27.7 Å². The normalized spacial score (nSPS) is 8.00. The van der Waals surface area contributed by atoms with E-state index in [1.165, 1.54) is 0 Å². The van der Waals surface area contributed by atoms with Gasteiger partial charge in [-0.25, -0.2) is 0 Å². The molecule has 1 aromatic heterocycles. The Morgan fingerprint density at radius 1 is 0.867 bits per heavy atom. The van der Waals surface area contributed by atoms with Gasteiger partial charge in [0.05, 0.1) is 6.20 Å². The van der Waals surface area contributed by atoms with Crippen LogP contribution in [0.25, 0.3) is 5.69 Å². The van der Waals surface area contributed by atoms with Crippen molar-refractivity contribution in [3.05, 3.63) is 48.8 Å². The van der Waals surface area contributed by atoms with Crippen molar-refractivity contribution in [1.29, 1.82) is 0 Å². The molecule has 0 radical (unpaired) electrons. The lowest BCUT2D eigenvalue weighted by Crippen LogP contribution is -2.30. The van der Waals surface area contributed by atoms with Crippen LogP contribution >= 0.6 is 0 Å². The minimum atomic E-state index is 1.15. The molecule has 0 unspecified atom stereocenters. The second-order valence-corrected chi connectivity index (χ2v) is 2.34. The maximum absolute atomic E-state index is 3.07. The number of para-hydroxylation sites is 1. The quantitative estimate of drug-likeness (QED) is 0.689. The molecule has 0 amide bonds. The predicted octanol–water partition coefficient (Wildman–Crippen LogP) is 3.34. The molecule has 0 aliphatic rings. The maximum atomic E-state index is 3.07. The van der Waals surface area contributed by atoms with Crippen LogP contribution in [0.15, 0.2) is 48.8 Å². The Morgan fingerprint density at radius 3 is 1.93 bits per heavy atom. The monoisotopic (exact) mass is 205 g/mol. The first kappa shape index (κ1) is 13.4. The molecule has 1 aromatic carbocycles. The molecular weight excluding hydrogens is 184 g/mol. The van der Waals surface area contributed by atoms with Crippen molar-refractivity contribution < 1.29 is 4.68 Å². The third-order valence-corrected chi connectivity index (χ3v) is 1.58. The first-order chi connectivity index (χ1) is 7.47. The molecule has 15 heavy (non-hydrogen) atoms. The summed E-state index contributed by atoms with van der Waals surface area (Å²) < 4.78 is 1.96. The van der Waals surface area contributed by atoms with E-state index in [-0.39, 0.29) is 0 Å². The molecule has 1 N–H and O–H groups in total. The van der Waals surface area contributed by atoms with Crippen LogP contribution < -0.4 is 4.68 Å². The number of aromatic amines is 1. The minimum absolute atomic E-state index is 1.15. The van der Waals surface area contributed by atoms with Crippen LogP contribution in [-0.2, 0) is 0 Å². The van der Waals surface area contributed by atoms with Gasteiger partial charge in [-0.2, -0.15) is 5.10 Å². The Morgan fingerprint density at radius 2 is 1.47 bits per heavy atom. The van der Waals surface area contributed by atoms with E-state index in [4.69, 9.17) is 0 Å². The third-order valence-electron chi connectivity index (χ3n) is 1.58. The summed E-state index contributed by atoms with van der Waals surface area (Å²) >= 11 is 0. The summed E-state index contributed by atoms with van der Waals surface area (Å²) in [6.45, 7) is 8.00. The Kier molecular flexibility index (Phi) is 8.06. The number of rotatable bonds is 1. The van der Waals surface area contributed by atoms with Crippen molar-refractivity contribution in [2.24, 2.45) is 0 Å². The van der Waals surface area contributed by atoms with Gasteiger partial charge in [0, 0.05) is 18.2 Å². The predicted molar refractivity (Wildman–Crippen MR) is 65.0 cm³/mol. The number of benzene rings is 1. The van der Waals surface area contributed by atoms with E-state index in [1.54, 1.807) is 0 Å². The van der Waals surface area contributed by atoms with E-state index in [9.17, 15) is 0 Å². The van der Waals surface area contributed by atoms with Crippen molar-refractivity contribution in [3.63, 3.8) is 0 Å². The Balaban J connectivity index is 0.000000442. The fraction of sp³-hybridized carbons (Fsp3) is 0.308. The molecule has 0 saturated heterocycles. The zero-order valence-corrected chi connectivity index (χ0v) is 10.1. The molecule has 1 heterocycles. The van der Waals surface area contributed by atoms with Crippen LogP contribution in [0.3, 0.4) is 0 Å². The second-order valence-electron chi connectivity index (χ2n) is 2.34. The zero-order valence-electron chi connectivity index (χ0n) is 10.1. The molecular formula is C13H21N2+. The molecule has 2 heteroatoms. The van der Waals surface area contributed by atoms with E-state index in [0.717, 1.165) is 5.69 Å². The molecule has 0 fully saturated rings. The summed E-state index contributed by atoms with van der Waals surface area (Å²) in [5.41, 5.74) is 1.15. The fourth-order valence-electron chi connectivity index (χ4n) is 1.04. The van der Waals surface area contributed by atoms with Gasteiger partial charge in [-0.1, -0.05) is 50.6 Å². The minimum Gasteiger partial charge on any atom is -0.167 e. The van der Waals surface area contributed by atoms with Crippen molar-refractivity contribution >= 4 is 0 Å². The van der Waals surface area contributed by atoms with E-state index in [2.05, 4.69) is 17.2 Å². The van der Waals surface area contributed by atoms with Gasteiger partial charge in [0.1, 0.15) is 0 Å². The molecule has 2 aromatic rings. The van der Waals surface area contributed by atoms with Crippen LogP contribution in [0, 0.1) is 0 Å². The van der Waals surface area contributed by atoms with Crippen LogP contribution in [0.5, 0.6) is 0 Å². The number of nitrogens with zero attached hydrogens (tertiary/aromatic N) is 1. The SMILES string of the molecule is CC.CC.c1ccc(-[n+]2ccc[nH]2)cc1. The molecule has 0 atom stereocenters. The topological polar surface area (TPSA) is 19.7 Å². The molecule has 0 bridgehead atoms. The van der Waals surface area contributed by atoms with Gasteiger partial charge in [0.2, 0.25) is 11.9 Å². The molecule has 0 saturated carbocycles. The lowest BCUT2D eigenvalue weighted by molar-refractivity contribution is -0.655. The van der Waals surface area contributed by atoms with Crippen LogP contribution in [-0.4, -0.2) is 5.10 Å². The fourth-order valence-corrected chi connectivity index (χ4v) is 1.04. The van der Waals surface area contributed by atoms with E-state index < -0.39 is 0 Å². The summed E-state index contributed by atoms with van der Waals surface area (Å²) in [5, 5.41) is 3.07. The van der Waals surface area contributed by atoms with Crippen molar-refractivity contribution in [3.8, 4) is 5.69 Å². The van der Waals surface area contributed by atoms with Gasteiger partial charge in [-0.3, -0.25) is 0 Å². The van der Waals surface area contributed by atoms with E-state index in [0.29, 0.717) is 0 Å². The van der Waals surface area contributed by atoms with Crippen LogP contribution in [0.4, 0.5) is 0 Å². The van der Waals surface area contributed by atoms with Gasteiger partial charge in [-0.05, 0) is 0 Å². The highest BCUT2D eigenvalue weighted by molar-refractivity contribution is 5.20. The maximum Gasteiger partial charge on any atom is 0.235 e. The summed E-state index contributed by atoms with van der Waals surface area (Å²) in [7, 11) is 0. The van der Waals surface area contributed by atoms with Crippen molar-refractivity contribution in [1.82, 2.24) is 5.10 Å². The smallest absolute Gasteiger partial charge is 0.167 e. The van der Waals surface area contributed by atoms with Gasteiger partial charge in [-0.15, -0.1) is 0 Å². The standard InChI is InChI=1S/C9H8N2.2C2H6/c1-2-5-9(6-3-1)11-8-4-7-10-11;2*1-2/h1-8H;2*1-2H3/p+1. The molecule has 2 nitrogen and oxygen atoms in total. The third kappa shape index (κ3) is 4.45. The lowest BCUT2D eigenvalue weighted by atomic mass is 10.3. The summed E-state index contributed by atoms with van der Waals surface area (Å²) in [4.78, 5) is 0. The Hall–Kier alpha value is -1.57. The Labute approximate surface area is 92.6 Å². The highest BCUT2D eigenvalue weighted by Gasteiger charge is 2.01. The largest absolute Gasteiger partial charge is 0.235 e. The molecule has 82 valence electrons. The zero-order chi connectivity index (χ0) is 11.5. The number of aromatic nitrogens is 2. The van der Waals surface area contributed by atoms with E-state index >= 15 is 0 Å². The highest BCUT2D eigenvalue weighted by Crippen LogP contribution is 1.95. The number of hydrogen-bond acceptors (Lipinski definition) is 0. The first-order valence-electron chi connectivity index (χ1n) is 5.57. The number of hydrogen-bond donors (Lipinski definition) is 1. The molecule has 2 rings (SSSR count). The first-order valence-corrected chi connectivity index (χ1v) is 5.57. The summed E-state index contributed by atoms with van der Waals surface area (Å²) in [6, 6.07) is 12.1. The van der Waals surface area contributed by atoms with Gasteiger partial charge in [0.25, 0.3) is 0 Å². The average molecular weight is 205 g/mol. The second kappa shape index (κ2) is 9.00.